The van der Waals surface area contributed by atoms with E-state index < -0.39 is 0 Å². The first-order valence-corrected chi connectivity index (χ1v) is 8.54. The number of carbonyl (C=O) groups excluding carboxylic acids is 1. The Morgan fingerprint density at radius 2 is 2.04 bits per heavy atom. The normalized spacial score (nSPS) is 15.0. The molecule has 0 radical (unpaired) electrons. The number of ether oxygens (including phenoxy) is 2. The molecule has 3 rings (SSSR count). The van der Waals surface area contributed by atoms with Crippen molar-refractivity contribution in [2.45, 2.75) is 44.6 Å². The lowest BCUT2D eigenvalue weighted by molar-refractivity contribution is 0.0946. The molecule has 0 bridgehead atoms. The van der Waals surface area contributed by atoms with Gasteiger partial charge in [0.15, 0.2) is 5.82 Å². The van der Waals surface area contributed by atoms with Crippen molar-refractivity contribution in [3.8, 4) is 11.5 Å². The van der Waals surface area contributed by atoms with E-state index in [9.17, 15) is 4.79 Å². The Labute approximate surface area is 146 Å². The fraction of sp³-hybridized carbons (Fsp3) is 0.500. The van der Waals surface area contributed by atoms with Crippen LogP contribution in [0.5, 0.6) is 11.5 Å². The van der Waals surface area contributed by atoms with Gasteiger partial charge in [-0.2, -0.15) is 4.98 Å². The van der Waals surface area contributed by atoms with Gasteiger partial charge in [-0.1, -0.05) is 24.4 Å². The largest absolute Gasteiger partial charge is 0.497 e. The Bertz CT molecular complexity index is 723. The fourth-order valence-electron chi connectivity index (χ4n) is 3.10. The Morgan fingerprint density at radius 1 is 1.24 bits per heavy atom. The van der Waals surface area contributed by atoms with E-state index in [1.165, 1.54) is 26.4 Å². The lowest BCUT2D eigenvalue weighted by atomic mass is 9.89. The van der Waals surface area contributed by atoms with Gasteiger partial charge in [-0.25, -0.2) is 0 Å². The number of amides is 1. The van der Waals surface area contributed by atoms with Gasteiger partial charge in [-0.05, 0) is 25.0 Å². The zero-order chi connectivity index (χ0) is 17.6. The molecule has 0 aliphatic heterocycles. The van der Waals surface area contributed by atoms with Crippen LogP contribution < -0.4 is 14.8 Å². The molecule has 0 unspecified atom stereocenters. The van der Waals surface area contributed by atoms with Crippen molar-refractivity contribution in [1.82, 2.24) is 15.5 Å². The van der Waals surface area contributed by atoms with E-state index in [2.05, 4.69) is 15.5 Å². The van der Waals surface area contributed by atoms with Gasteiger partial charge < -0.3 is 19.3 Å². The molecule has 7 nitrogen and oxygen atoms in total. The Kier molecular flexibility index (Phi) is 5.53. The first-order valence-electron chi connectivity index (χ1n) is 8.54. The topological polar surface area (TPSA) is 86.5 Å². The molecule has 25 heavy (non-hydrogen) atoms. The van der Waals surface area contributed by atoms with Gasteiger partial charge in [0.25, 0.3) is 5.91 Å². The molecule has 134 valence electrons. The molecular formula is C18H23N3O4. The summed E-state index contributed by atoms with van der Waals surface area (Å²) in [5.41, 5.74) is 0.430. The van der Waals surface area contributed by atoms with Gasteiger partial charge in [-0.15, -0.1) is 0 Å². The number of aromatic nitrogens is 2. The molecule has 1 saturated carbocycles. The van der Waals surface area contributed by atoms with Crippen molar-refractivity contribution in [2.24, 2.45) is 0 Å². The average molecular weight is 345 g/mol. The molecule has 0 atom stereocenters. The third kappa shape index (κ3) is 4.10. The maximum Gasteiger partial charge on any atom is 0.255 e. The lowest BCUT2D eigenvalue weighted by Gasteiger charge is -2.17. The lowest BCUT2D eigenvalue weighted by Crippen LogP contribution is -2.24. The smallest absolute Gasteiger partial charge is 0.255 e. The minimum absolute atomic E-state index is 0.213. The number of hydrogen-bond donors (Lipinski definition) is 1. The molecule has 0 saturated heterocycles. The Morgan fingerprint density at radius 3 is 2.76 bits per heavy atom. The number of nitrogens with zero attached hydrogens (tertiary/aromatic N) is 2. The van der Waals surface area contributed by atoms with Crippen molar-refractivity contribution < 1.29 is 18.8 Å². The minimum atomic E-state index is -0.261. The summed E-state index contributed by atoms with van der Waals surface area (Å²) < 4.78 is 15.8. The third-order valence-electron chi connectivity index (χ3n) is 4.50. The summed E-state index contributed by atoms with van der Waals surface area (Å²) in [4.78, 5) is 16.8. The number of carbonyl (C=O) groups is 1. The highest BCUT2D eigenvalue weighted by Crippen LogP contribution is 2.31. The van der Waals surface area contributed by atoms with Gasteiger partial charge >= 0.3 is 0 Å². The molecule has 7 heteroatoms. The first kappa shape index (κ1) is 17.3. The molecule has 2 aromatic rings. The van der Waals surface area contributed by atoms with E-state index >= 15 is 0 Å². The number of hydrogen-bond acceptors (Lipinski definition) is 6. The quantitative estimate of drug-likeness (QED) is 0.866. The molecule has 1 amide bonds. The molecule has 1 N–H and O–H groups in total. The molecule has 1 aliphatic carbocycles. The molecule has 1 aliphatic rings. The van der Waals surface area contributed by atoms with Gasteiger partial charge in [0.2, 0.25) is 5.89 Å². The summed E-state index contributed by atoms with van der Waals surface area (Å²) in [6, 6.07) is 5.05. The van der Waals surface area contributed by atoms with Crippen LogP contribution in [0.3, 0.4) is 0 Å². The fourth-order valence-corrected chi connectivity index (χ4v) is 3.10. The number of methoxy groups -OCH3 is 2. The molecule has 1 heterocycles. The second-order valence-electron chi connectivity index (χ2n) is 6.13. The Balaban J connectivity index is 1.61. The zero-order valence-electron chi connectivity index (χ0n) is 14.6. The van der Waals surface area contributed by atoms with E-state index in [-0.39, 0.29) is 12.5 Å². The second-order valence-corrected chi connectivity index (χ2v) is 6.13. The van der Waals surface area contributed by atoms with E-state index in [0.717, 1.165) is 12.8 Å². The summed E-state index contributed by atoms with van der Waals surface area (Å²) in [5.74, 6) is 2.35. The molecule has 0 spiro atoms. The van der Waals surface area contributed by atoms with Gasteiger partial charge in [0.05, 0.1) is 26.3 Å². The van der Waals surface area contributed by atoms with Crippen molar-refractivity contribution in [3.63, 3.8) is 0 Å². The first-order chi connectivity index (χ1) is 12.2. The Hall–Kier alpha value is -2.57. The van der Waals surface area contributed by atoms with Crippen LogP contribution in [0.15, 0.2) is 22.7 Å². The van der Waals surface area contributed by atoms with E-state index in [1.807, 2.05) is 0 Å². The number of benzene rings is 1. The van der Waals surface area contributed by atoms with Crippen molar-refractivity contribution in [1.29, 1.82) is 0 Å². The highest BCUT2D eigenvalue weighted by atomic mass is 16.5. The maximum atomic E-state index is 12.4. The van der Waals surface area contributed by atoms with Crippen LogP contribution >= 0.6 is 0 Å². The van der Waals surface area contributed by atoms with Crippen molar-refractivity contribution in [2.75, 3.05) is 14.2 Å². The SMILES string of the molecule is COc1ccc(C(=O)NCc2noc(C3CCCCC3)n2)c(OC)c1. The maximum absolute atomic E-state index is 12.4. The highest BCUT2D eigenvalue weighted by molar-refractivity contribution is 5.97. The summed E-state index contributed by atoms with van der Waals surface area (Å²) in [6.07, 6.45) is 5.87. The van der Waals surface area contributed by atoms with Crippen molar-refractivity contribution in [3.05, 3.63) is 35.5 Å². The van der Waals surface area contributed by atoms with Crippen LogP contribution in [0.4, 0.5) is 0 Å². The molecular weight excluding hydrogens is 322 g/mol. The summed E-state index contributed by atoms with van der Waals surface area (Å²) in [5, 5.41) is 6.77. The third-order valence-corrected chi connectivity index (χ3v) is 4.50. The van der Waals surface area contributed by atoms with Crippen LogP contribution in [-0.2, 0) is 6.54 Å². The minimum Gasteiger partial charge on any atom is -0.497 e. The summed E-state index contributed by atoms with van der Waals surface area (Å²) in [7, 11) is 3.08. The van der Waals surface area contributed by atoms with Crippen LogP contribution in [0, 0.1) is 0 Å². The van der Waals surface area contributed by atoms with Gasteiger partial charge in [0.1, 0.15) is 11.5 Å². The molecule has 1 aromatic carbocycles. The molecule has 1 fully saturated rings. The van der Waals surface area contributed by atoms with Crippen molar-refractivity contribution >= 4 is 5.91 Å². The highest BCUT2D eigenvalue weighted by Gasteiger charge is 2.22. The van der Waals surface area contributed by atoms with Crippen LogP contribution in [0.2, 0.25) is 0 Å². The second kappa shape index (κ2) is 8.00. The number of nitrogens with one attached hydrogen (secondary N) is 1. The van der Waals surface area contributed by atoms with Crippen LogP contribution in [-0.4, -0.2) is 30.3 Å². The average Bonchev–Trinajstić information content (AvgIpc) is 3.15. The standard InChI is InChI=1S/C18H23N3O4/c1-23-13-8-9-14(15(10-13)24-2)17(22)19-11-16-20-18(25-21-16)12-6-4-3-5-7-12/h8-10,12H,3-7,11H2,1-2H3,(H,19,22). The van der Waals surface area contributed by atoms with Crippen LogP contribution in [0.25, 0.3) is 0 Å². The van der Waals surface area contributed by atoms with Gasteiger partial charge in [-0.3, -0.25) is 4.79 Å². The number of rotatable bonds is 6. The van der Waals surface area contributed by atoms with E-state index in [0.29, 0.717) is 34.7 Å². The van der Waals surface area contributed by atoms with Gasteiger partial charge in [0, 0.05) is 12.0 Å². The molecule has 1 aromatic heterocycles. The zero-order valence-corrected chi connectivity index (χ0v) is 14.6. The predicted molar refractivity (Wildman–Crippen MR) is 90.8 cm³/mol. The summed E-state index contributed by atoms with van der Waals surface area (Å²) in [6.45, 7) is 0.213. The van der Waals surface area contributed by atoms with E-state index in [1.54, 1.807) is 25.3 Å². The van der Waals surface area contributed by atoms with Crippen LogP contribution in [0.1, 0.15) is 60.1 Å². The monoisotopic (exact) mass is 345 g/mol. The summed E-state index contributed by atoms with van der Waals surface area (Å²) >= 11 is 0. The van der Waals surface area contributed by atoms with E-state index in [4.69, 9.17) is 14.0 Å². The predicted octanol–water partition coefficient (Wildman–Crippen LogP) is 3.06.